The van der Waals surface area contributed by atoms with Crippen molar-refractivity contribution in [3.63, 3.8) is 0 Å². The SMILES string of the molecule is CCC(C)(NC(=O)COc1c(Cl)cc(Cl)cc1Cl)C(=O)CBr.CCC(C)(NC(=O)c1cnc2ccccc2c1)C(=O)CSC#N. The third-order valence-electron chi connectivity index (χ3n) is 7.00. The highest BCUT2D eigenvalue weighted by Gasteiger charge is 2.33. The van der Waals surface area contributed by atoms with Gasteiger partial charge in [-0.2, -0.15) is 5.26 Å². The van der Waals surface area contributed by atoms with Crippen molar-refractivity contribution in [3.05, 3.63) is 69.3 Å². The quantitative estimate of drug-likeness (QED) is 0.138. The highest BCUT2D eigenvalue weighted by Crippen LogP contribution is 2.35. The molecule has 2 unspecified atom stereocenters. The zero-order valence-electron chi connectivity index (χ0n) is 25.0. The number of amides is 2. The smallest absolute Gasteiger partial charge is 0.258 e. The van der Waals surface area contributed by atoms with Crippen LogP contribution in [0.3, 0.4) is 0 Å². The summed E-state index contributed by atoms with van der Waals surface area (Å²) in [7, 11) is 0. The molecule has 9 nitrogen and oxygen atoms in total. The van der Waals surface area contributed by atoms with Crippen LogP contribution >= 0.6 is 62.5 Å². The highest BCUT2D eigenvalue weighted by molar-refractivity contribution is 9.09. The molecule has 45 heavy (non-hydrogen) atoms. The Morgan fingerprint density at radius 1 is 0.978 bits per heavy atom. The minimum absolute atomic E-state index is 0.0527. The molecule has 0 bridgehead atoms. The molecule has 1 aromatic heterocycles. The van der Waals surface area contributed by atoms with Gasteiger partial charge in [0.2, 0.25) is 0 Å². The van der Waals surface area contributed by atoms with Gasteiger partial charge in [-0.1, -0.05) is 82.8 Å². The third kappa shape index (κ3) is 10.9. The molecule has 2 N–H and O–H groups in total. The van der Waals surface area contributed by atoms with Gasteiger partial charge in [0, 0.05) is 16.6 Å². The lowest BCUT2D eigenvalue weighted by molar-refractivity contribution is -0.131. The number of benzene rings is 2. The molecule has 0 fully saturated rings. The molecule has 0 saturated carbocycles. The van der Waals surface area contributed by atoms with Crippen LogP contribution in [0.25, 0.3) is 10.9 Å². The number of pyridine rings is 1. The summed E-state index contributed by atoms with van der Waals surface area (Å²) < 4.78 is 5.33. The molecule has 2 amide bonds. The number of alkyl halides is 1. The molecule has 3 aromatic rings. The lowest BCUT2D eigenvalue weighted by Crippen LogP contribution is -2.53. The van der Waals surface area contributed by atoms with E-state index in [1.54, 1.807) is 19.9 Å². The number of nitrogens with zero attached hydrogens (tertiary/aromatic N) is 2. The van der Waals surface area contributed by atoms with E-state index >= 15 is 0 Å². The summed E-state index contributed by atoms with van der Waals surface area (Å²) in [5, 5.41) is 17.7. The zero-order chi connectivity index (χ0) is 33.8. The van der Waals surface area contributed by atoms with Crippen molar-refractivity contribution in [2.75, 3.05) is 17.7 Å². The minimum atomic E-state index is -0.993. The van der Waals surface area contributed by atoms with Crippen LogP contribution in [-0.4, -0.2) is 57.1 Å². The van der Waals surface area contributed by atoms with Gasteiger partial charge in [0.05, 0.1) is 43.3 Å². The van der Waals surface area contributed by atoms with E-state index in [-0.39, 0.29) is 51.0 Å². The van der Waals surface area contributed by atoms with Crippen LogP contribution < -0.4 is 15.4 Å². The number of fused-ring (bicyclic) bond motifs is 1. The van der Waals surface area contributed by atoms with Crippen LogP contribution in [0.2, 0.25) is 15.1 Å². The van der Waals surface area contributed by atoms with Gasteiger partial charge in [0.15, 0.2) is 23.9 Å². The fourth-order valence-electron chi connectivity index (χ4n) is 3.78. The number of aromatic nitrogens is 1. The largest absolute Gasteiger partial charge is 0.481 e. The second-order valence-electron chi connectivity index (χ2n) is 10.1. The number of thioether (sulfide) groups is 1. The molecule has 0 aliphatic rings. The lowest BCUT2D eigenvalue weighted by Gasteiger charge is -2.27. The maximum absolute atomic E-state index is 12.5. The maximum Gasteiger partial charge on any atom is 0.258 e. The van der Waals surface area contributed by atoms with Crippen molar-refractivity contribution in [2.45, 2.75) is 51.6 Å². The third-order valence-corrected chi connectivity index (χ3v) is 8.83. The van der Waals surface area contributed by atoms with Crippen molar-refractivity contribution in [1.82, 2.24) is 15.6 Å². The van der Waals surface area contributed by atoms with Gasteiger partial charge in [0.1, 0.15) is 5.40 Å². The standard InChI is InChI=1S/C17H17N3O2S.C14H15BrCl3NO3/c1-3-17(2,15(21)10-23-11-18)20-16(22)13-8-12-6-4-5-7-14(12)19-9-13;1-3-14(2,11(20)6-15)19-12(21)7-22-13-9(17)4-8(16)5-10(13)18/h4-9H,3,10H2,1-2H3,(H,20,22);4-5H,3,6-7H2,1-2H3,(H,19,21). The van der Waals surface area contributed by atoms with Gasteiger partial charge in [-0.25, -0.2) is 0 Å². The number of hydrogen-bond donors (Lipinski definition) is 2. The summed E-state index contributed by atoms with van der Waals surface area (Å²) in [6.07, 6.45) is 2.42. The van der Waals surface area contributed by atoms with Crippen LogP contribution in [0.4, 0.5) is 0 Å². The van der Waals surface area contributed by atoms with Crippen molar-refractivity contribution < 1.29 is 23.9 Å². The Morgan fingerprint density at radius 3 is 2.16 bits per heavy atom. The number of ketones is 2. The Morgan fingerprint density at radius 2 is 1.58 bits per heavy atom. The van der Waals surface area contributed by atoms with Crippen molar-refractivity contribution >= 4 is 96.8 Å². The second kappa shape index (κ2) is 17.7. The van der Waals surface area contributed by atoms with E-state index in [4.69, 9.17) is 44.8 Å². The zero-order valence-corrected chi connectivity index (χ0v) is 29.7. The molecule has 240 valence electrons. The number of hydrogen-bond acceptors (Lipinski definition) is 8. The molecule has 0 spiro atoms. The lowest BCUT2D eigenvalue weighted by atomic mass is 9.93. The predicted molar refractivity (Wildman–Crippen MR) is 184 cm³/mol. The average molecular weight is 759 g/mol. The molecule has 0 aliphatic heterocycles. The number of nitriles is 1. The number of nitrogens with one attached hydrogen (secondary N) is 2. The fourth-order valence-corrected chi connectivity index (χ4v) is 5.84. The van der Waals surface area contributed by atoms with Gasteiger partial charge in [-0.15, -0.1) is 0 Å². The van der Waals surface area contributed by atoms with E-state index in [1.807, 2.05) is 43.5 Å². The van der Waals surface area contributed by atoms with Crippen molar-refractivity contribution in [1.29, 1.82) is 5.26 Å². The molecule has 2 aromatic carbocycles. The van der Waals surface area contributed by atoms with Gasteiger partial charge < -0.3 is 15.4 Å². The van der Waals surface area contributed by atoms with E-state index in [9.17, 15) is 19.2 Å². The number of ether oxygens (including phenoxy) is 1. The first kappa shape index (κ1) is 38.3. The molecule has 1 heterocycles. The monoisotopic (exact) mass is 756 g/mol. The maximum atomic E-state index is 12.5. The van der Waals surface area contributed by atoms with E-state index in [1.165, 1.54) is 18.3 Å². The number of rotatable bonds is 13. The number of carbonyl (C=O) groups excluding carboxylic acids is 4. The average Bonchev–Trinajstić information content (AvgIpc) is 3.02. The molecular weight excluding hydrogens is 727 g/mol. The molecule has 0 aliphatic carbocycles. The molecule has 2 atom stereocenters. The van der Waals surface area contributed by atoms with Crippen LogP contribution in [0.15, 0.2) is 48.7 Å². The first-order valence-electron chi connectivity index (χ1n) is 13.6. The van der Waals surface area contributed by atoms with E-state index in [0.717, 1.165) is 22.7 Å². The first-order valence-corrected chi connectivity index (χ1v) is 16.9. The predicted octanol–water partition coefficient (Wildman–Crippen LogP) is 7.19. The fraction of sp³-hybridized carbons (Fsp3) is 0.355. The summed E-state index contributed by atoms with van der Waals surface area (Å²) in [4.78, 5) is 52.8. The second-order valence-corrected chi connectivity index (χ2v) is 12.7. The number of carbonyl (C=O) groups is 4. The summed E-state index contributed by atoms with van der Waals surface area (Å²) in [5.74, 6) is -0.854. The minimum Gasteiger partial charge on any atom is -0.481 e. The Kier molecular flexibility index (Phi) is 15.1. The van der Waals surface area contributed by atoms with E-state index in [2.05, 4.69) is 31.5 Å². The van der Waals surface area contributed by atoms with Gasteiger partial charge >= 0.3 is 0 Å². The molecule has 14 heteroatoms. The molecule has 0 saturated heterocycles. The van der Waals surface area contributed by atoms with E-state index < -0.39 is 17.0 Å². The van der Waals surface area contributed by atoms with E-state index in [0.29, 0.717) is 23.4 Å². The Hall–Kier alpha value is -2.88. The Bertz CT molecular complexity index is 1580. The normalized spacial score (nSPS) is 13.2. The van der Waals surface area contributed by atoms with Crippen molar-refractivity contribution in [2.24, 2.45) is 0 Å². The highest BCUT2D eigenvalue weighted by atomic mass is 79.9. The summed E-state index contributed by atoms with van der Waals surface area (Å²) >= 11 is 21.7. The Balaban J connectivity index is 0.000000314. The number of para-hydroxylation sites is 1. The van der Waals surface area contributed by atoms with Gasteiger partial charge in [-0.05, 0) is 62.7 Å². The summed E-state index contributed by atoms with van der Waals surface area (Å²) in [6, 6.07) is 12.2. The molecule has 3 rings (SSSR count). The van der Waals surface area contributed by atoms with Crippen LogP contribution in [-0.2, 0) is 14.4 Å². The van der Waals surface area contributed by atoms with Crippen LogP contribution in [0, 0.1) is 10.7 Å². The number of Topliss-reactive ketones (excluding diaryl/α,β-unsaturated/α-hetero) is 2. The topological polar surface area (TPSA) is 138 Å². The Labute approximate surface area is 289 Å². The molecule has 0 radical (unpaired) electrons. The summed E-state index contributed by atoms with van der Waals surface area (Å²) in [5.41, 5.74) is -0.725. The molecular formula is C31H32BrCl3N4O5S. The number of thiocyanates is 1. The summed E-state index contributed by atoms with van der Waals surface area (Å²) in [6.45, 7) is 6.67. The van der Waals surface area contributed by atoms with Gasteiger partial charge in [0.25, 0.3) is 11.8 Å². The van der Waals surface area contributed by atoms with Crippen LogP contribution in [0.5, 0.6) is 5.75 Å². The first-order chi connectivity index (χ1) is 21.2. The van der Waals surface area contributed by atoms with Crippen LogP contribution in [0.1, 0.15) is 50.9 Å². The number of halogens is 4. The van der Waals surface area contributed by atoms with Gasteiger partial charge in [-0.3, -0.25) is 24.2 Å². The van der Waals surface area contributed by atoms with Crippen molar-refractivity contribution in [3.8, 4) is 11.2 Å².